The maximum atomic E-state index is 5.34. The van der Waals surface area contributed by atoms with Gasteiger partial charge in [-0.05, 0) is 18.6 Å². The van der Waals surface area contributed by atoms with Gasteiger partial charge in [0, 0.05) is 24.9 Å². The quantitative estimate of drug-likeness (QED) is 0.739. The van der Waals surface area contributed by atoms with E-state index in [9.17, 15) is 0 Å². The highest BCUT2D eigenvalue weighted by molar-refractivity contribution is 5.05. The molecule has 1 fully saturated rings. The Morgan fingerprint density at radius 3 is 2.83 bits per heavy atom. The molecule has 0 bridgehead atoms. The minimum atomic E-state index is 0.484. The number of furan rings is 1. The molecule has 1 aliphatic rings. The normalized spacial score (nSPS) is 20.4. The van der Waals surface area contributed by atoms with Crippen molar-refractivity contribution in [3.05, 3.63) is 24.2 Å². The van der Waals surface area contributed by atoms with E-state index in [0.29, 0.717) is 5.41 Å². The molecule has 0 unspecified atom stereocenters. The van der Waals surface area contributed by atoms with Crippen LogP contribution in [0.2, 0.25) is 0 Å². The topological polar surface area (TPSA) is 25.2 Å². The van der Waals surface area contributed by atoms with Crippen molar-refractivity contribution in [2.75, 3.05) is 13.1 Å². The van der Waals surface area contributed by atoms with Crippen LogP contribution >= 0.6 is 0 Å². The number of rotatable bonds is 3. The Balaban J connectivity index is 2.01. The Kier molecular flexibility index (Phi) is 1.93. The van der Waals surface area contributed by atoms with Crippen molar-refractivity contribution < 1.29 is 4.42 Å². The zero-order chi connectivity index (χ0) is 8.44. The molecular weight excluding hydrogens is 150 g/mol. The third-order valence-electron chi connectivity index (χ3n) is 2.88. The molecule has 0 amide bonds. The molecule has 0 spiro atoms. The second-order valence-electron chi connectivity index (χ2n) is 3.71. The van der Waals surface area contributed by atoms with Gasteiger partial charge in [0.25, 0.3) is 0 Å². The van der Waals surface area contributed by atoms with Gasteiger partial charge in [0.1, 0.15) is 5.76 Å². The first-order valence-corrected chi connectivity index (χ1v) is 4.58. The van der Waals surface area contributed by atoms with E-state index < -0.39 is 0 Å². The van der Waals surface area contributed by atoms with Gasteiger partial charge < -0.3 is 9.73 Å². The Bertz CT molecular complexity index is 231. The molecule has 1 aromatic rings. The van der Waals surface area contributed by atoms with Gasteiger partial charge >= 0.3 is 0 Å². The van der Waals surface area contributed by atoms with Crippen LogP contribution < -0.4 is 5.32 Å². The van der Waals surface area contributed by atoms with Crippen LogP contribution in [0.25, 0.3) is 0 Å². The van der Waals surface area contributed by atoms with Crippen LogP contribution in [0.1, 0.15) is 19.1 Å². The van der Waals surface area contributed by atoms with E-state index >= 15 is 0 Å². The minimum absolute atomic E-state index is 0.484. The second kappa shape index (κ2) is 2.94. The third-order valence-corrected chi connectivity index (χ3v) is 2.88. The molecular formula is C10H15NO. The highest BCUT2D eigenvalue weighted by Crippen LogP contribution is 2.31. The monoisotopic (exact) mass is 165 g/mol. The zero-order valence-electron chi connectivity index (χ0n) is 7.47. The van der Waals surface area contributed by atoms with Crippen LogP contribution in [0, 0.1) is 5.41 Å². The lowest BCUT2D eigenvalue weighted by Crippen LogP contribution is -2.54. The standard InChI is InChI=1S/C10H15NO/c1-2-10(7-11-8-10)6-9-4-3-5-12-9/h3-5,11H,2,6-8H2,1H3. The SMILES string of the molecule is CCC1(Cc2ccco2)CNC1. The van der Waals surface area contributed by atoms with Gasteiger partial charge in [0.2, 0.25) is 0 Å². The van der Waals surface area contributed by atoms with E-state index in [0.717, 1.165) is 25.3 Å². The molecule has 1 aromatic heterocycles. The van der Waals surface area contributed by atoms with Crippen molar-refractivity contribution in [3.63, 3.8) is 0 Å². The predicted octanol–water partition coefficient (Wildman–Crippen LogP) is 1.82. The molecule has 2 rings (SSSR count). The van der Waals surface area contributed by atoms with Crippen LogP contribution in [0.4, 0.5) is 0 Å². The second-order valence-corrected chi connectivity index (χ2v) is 3.71. The molecule has 12 heavy (non-hydrogen) atoms. The summed E-state index contributed by atoms with van der Waals surface area (Å²) >= 11 is 0. The van der Waals surface area contributed by atoms with E-state index in [1.165, 1.54) is 6.42 Å². The lowest BCUT2D eigenvalue weighted by molar-refractivity contribution is 0.150. The molecule has 0 atom stereocenters. The van der Waals surface area contributed by atoms with Crippen molar-refractivity contribution in [2.45, 2.75) is 19.8 Å². The summed E-state index contributed by atoms with van der Waals surface area (Å²) in [6.07, 6.45) is 4.08. The van der Waals surface area contributed by atoms with Crippen molar-refractivity contribution in [3.8, 4) is 0 Å². The molecule has 2 heterocycles. The lowest BCUT2D eigenvalue weighted by Gasteiger charge is -2.41. The maximum absolute atomic E-state index is 5.34. The van der Waals surface area contributed by atoms with E-state index in [-0.39, 0.29) is 0 Å². The van der Waals surface area contributed by atoms with Crippen molar-refractivity contribution in [1.29, 1.82) is 0 Å². The minimum Gasteiger partial charge on any atom is -0.469 e. The summed E-state index contributed by atoms with van der Waals surface area (Å²) in [6.45, 7) is 4.54. The van der Waals surface area contributed by atoms with Gasteiger partial charge in [-0.25, -0.2) is 0 Å². The predicted molar refractivity (Wildman–Crippen MR) is 48.0 cm³/mol. The highest BCUT2D eigenvalue weighted by atomic mass is 16.3. The van der Waals surface area contributed by atoms with E-state index in [2.05, 4.69) is 18.3 Å². The van der Waals surface area contributed by atoms with Gasteiger partial charge in [-0.3, -0.25) is 0 Å². The summed E-state index contributed by atoms with van der Waals surface area (Å²) < 4.78 is 5.34. The van der Waals surface area contributed by atoms with Gasteiger partial charge in [0.05, 0.1) is 6.26 Å². The highest BCUT2D eigenvalue weighted by Gasteiger charge is 2.35. The summed E-state index contributed by atoms with van der Waals surface area (Å²) in [7, 11) is 0. The Morgan fingerprint density at radius 2 is 2.42 bits per heavy atom. The summed E-state index contributed by atoms with van der Waals surface area (Å²) in [4.78, 5) is 0. The zero-order valence-corrected chi connectivity index (χ0v) is 7.47. The molecule has 1 saturated heterocycles. The fraction of sp³-hybridized carbons (Fsp3) is 0.600. The summed E-state index contributed by atoms with van der Waals surface area (Å²) in [6, 6.07) is 4.03. The fourth-order valence-corrected chi connectivity index (χ4v) is 1.76. The first kappa shape index (κ1) is 7.87. The number of hydrogen-bond donors (Lipinski definition) is 1. The number of hydrogen-bond acceptors (Lipinski definition) is 2. The van der Waals surface area contributed by atoms with Crippen molar-refractivity contribution in [1.82, 2.24) is 5.32 Å². The summed E-state index contributed by atoms with van der Waals surface area (Å²) in [5, 5.41) is 3.32. The van der Waals surface area contributed by atoms with Crippen molar-refractivity contribution >= 4 is 0 Å². The molecule has 0 radical (unpaired) electrons. The average Bonchev–Trinajstić information content (AvgIpc) is 2.49. The molecule has 2 heteroatoms. The first-order valence-electron chi connectivity index (χ1n) is 4.58. The maximum Gasteiger partial charge on any atom is 0.104 e. The molecule has 2 nitrogen and oxygen atoms in total. The Hall–Kier alpha value is -0.760. The van der Waals surface area contributed by atoms with E-state index in [4.69, 9.17) is 4.42 Å². The molecule has 1 N–H and O–H groups in total. The van der Waals surface area contributed by atoms with Crippen LogP contribution in [0.15, 0.2) is 22.8 Å². The molecule has 0 saturated carbocycles. The van der Waals surface area contributed by atoms with Crippen LogP contribution in [-0.4, -0.2) is 13.1 Å². The van der Waals surface area contributed by atoms with Gasteiger partial charge in [-0.15, -0.1) is 0 Å². The smallest absolute Gasteiger partial charge is 0.104 e. The van der Waals surface area contributed by atoms with Crippen LogP contribution in [0.5, 0.6) is 0 Å². The van der Waals surface area contributed by atoms with Gasteiger partial charge in [-0.2, -0.15) is 0 Å². The Morgan fingerprint density at radius 1 is 1.58 bits per heavy atom. The fourth-order valence-electron chi connectivity index (χ4n) is 1.76. The van der Waals surface area contributed by atoms with Gasteiger partial charge in [0.15, 0.2) is 0 Å². The van der Waals surface area contributed by atoms with Gasteiger partial charge in [-0.1, -0.05) is 6.92 Å². The largest absolute Gasteiger partial charge is 0.469 e. The molecule has 0 aromatic carbocycles. The number of nitrogens with one attached hydrogen (secondary N) is 1. The molecule has 1 aliphatic heterocycles. The first-order chi connectivity index (χ1) is 5.85. The molecule has 0 aliphatic carbocycles. The lowest BCUT2D eigenvalue weighted by atomic mass is 9.76. The molecule has 66 valence electrons. The van der Waals surface area contributed by atoms with Crippen molar-refractivity contribution in [2.24, 2.45) is 5.41 Å². The van der Waals surface area contributed by atoms with E-state index in [1.54, 1.807) is 6.26 Å². The summed E-state index contributed by atoms with van der Waals surface area (Å²) in [5.41, 5.74) is 0.484. The average molecular weight is 165 g/mol. The van der Waals surface area contributed by atoms with E-state index in [1.807, 2.05) is 6.07 Å². The van der Waals surface area contributed by atoms with Crippen LogP contribution in [-0.2, 0) is 6.42 Å². The Labute approximate surface area is 73.0 Å². The van der Waals surface area contributed by atoms with Crippen LogP contribution in [0.3, 0.4) is 0 Å². The third kappa shape index (κ3) is 1.27. The summed E-state index contributed by atoms with van der Waals surface area (Å²) in [5.74, 6) is 1.12.